The first-order valence-electron chi connectivity index (χ1n) is 17.2. The molecule has 4 aromatic carbocycles. The zero-order valence-electron chi connectivity index (χ0n) is 30.4. The van der Waals surface area contributed by atoms with Crippen LogP contribution >= 0.6 is 11.3 Å². The van der Waals surface area contributed by atoms with Crippen molar-refractivity contribution in [3.63, 3.8) is 0 Å². The molecule has 0 amide bonds. The fourth-order valence-corrected chi connectivity index (χ4v) is 9.09. The predicted molar refractivity (Wildman–Crippen MR) is 216 cm³/mol. The van der Waals surface area contributed by atoms with E-state index in [0.717, 1.165) is 28.9 Å². The van der Waals surface area contributed by atoms with Gasteiger partial charge in [-0.15, -0.1) is 59.7 Å². The van der Waals surface area contributed by atoms with Gasteiger partial charge in [0.1, 0.15) is 0 Å². The Labute approximate surface area is 317 Å². The fourth-order valence-electron chi connectivity index (χ4n) is 6.26. The smallest absolute Gasteiger partial charge is 0.0798 e. The normalized spacial score (nSPS) is 11.7. The molecule has 0 fully saturated rings. The van der Waals surface area contributed by atoms with Crippen LogP contribution < -0.4 is 5.19 Å². The van der Waals surface area contributed by atoms with Crippen LogP contribution in [0.5, 0.6) is 0 Å². The third kappa shape index (κ3) is 8.58. The largest absolute Gasteiger partial charge is 0.305 e. The summed E-state index contributed by atoms with van der Waals surface area (Å²) in [5.41, 5.74) is 9.58. The molecule has 3 heterocycles. The zero-order chi connectivity index (χ0) is 34.8. The summed E-state index contributed by atoms with van der Waals surface area (Å²) in [6.45, 7) is 18.4. The molecule has 2 nitrogen and oxygen atoms in total. The van der Waals surface area contributed by atoms with Crippen molar-refractivity contribution >= 4 is 44.8 Å². The molecular weight excluding hydrogens is 821 g/mol. The summed E-state index contributed by atoms with van der Waals surface area (Å²) in [5, 5.41) is 4.07. The summed E-state index contributed by atoms with van der Waals surface area (Å²) < 4.78 is 2.56. The van der Waals surface area contributed by atoms with Crippen LogP contribution in [0.4, 0.5) is 0 Å². The Hall–Kier alpha value is -3.73. The Morgan fingerprint density at radius 2 is 1.50 bits per heavy atom. The molecule has 7 aromatic rings. The molecular formula is C45H46IrN2SSi-2. The van der Waals surface area contributed by atoms with Crippen LogP contribution in [0, 0.1) is 18.1 Å². The van der Waals surface area contributed by atoms with E-state index in [9.17, 15) is 0 Å². The van der Waals surface area contributed by atoms with E-state index in [0.29, 0.717) is 5.92 Å². The van der Waals surface area contributed by atoms with Gasteiger partial charge in [0.05, 0.1) is 8.07 Å². The van der Waals surface area contributed by atoms with Gasteiger partial charge in [0.25, 0.3) is 0 Å². The number of benzene rings is 4. The summed E-state index contributed by atoms with van der Waals surface area (Å²) in [6, 6.07) is 42.9. The van der Waals surface area contributed by atoms with Gasteiger partial charge in [0.15, 0.2) is 0 Å². The topological polar surface area (TPSA) is 25.8 Å². The number of fused-ring (bicyclic) bond motifs is 3. The minimum absolute atomic E-state index is 0. The molecule has 0 aliphatic carbocycles. The standard InChI is InChI=1S/C27H22NS.C18H24NSi.Ir/c1-27(2,3)20-14-15-28-24(17-20)23-11-7-10-22-21-13-12-19(16-25(21)29-26(22)23)18-8-5-4-6-9-18;1-14(2)11-16-12-17(15-9-7-6-8-10-15)19-13-18(16)20(3,4)5;/h4-10,12-17H,1-3H3;6-9,12-14H,11H2,1-5H3;/q2*-1;. The fraction of sp³-hybridized carbons (Fsp3) is 0.244. The van der Waals surface area contributed by atoms with E-state index < -0.39 is 8.07 Å². The Kier molecular flexibility index (Phi) is 11.7. The van der Waals surface area contributed by atoms with E-state index in [1.807, 2.05) is 41.8 Å². The molecule has 0 saturated carbocycles. The second-order valence-electron chi connectivity index (χ2n) is 15.3. The quantitative estimate of drug-likeness (QED) is 0.123. The van der Waals surface area contributed by atoms with E-state index in [4.69, 9.17) is 0 Å². The Bertz CT molecular complexity index is 2190. The van der Waals surface area contributed by atoms with E-state index in [1.54, 1.807) is 0 Å². The monoisotopic (exact) mass is 867 g/mol. The average Bonchev–Trinajstić information content (AvgIpc) is 3.46. The molecule has 0 aliphatic heterocycles. The average molecular weight is 867 g/mol. The van der Waals surface area contributed by atoms with E-state index >= 15 is 0 Å². The third-order valence-corrected chi connectivity index (χ3v) is 12.1. The summed E-state index contributed by atoms with van der Waals surface area (Å²) in [5.74, 6) is 0.667. The molecule has 0 bridgehead atoms. The van der Waals surface area contributed by atoms with Crippen LogP contribution in [0.15, 0.2) is 116 Å². The molecule has 1 radical (unpaired) electrons. The van der Waals surface area contributed by atoms with Gasteiger partial charge in [-0.1, -0.05) is 120 Å². The van der Waals surface area contributed by atoms with Crippen LogP contribution in [0.1, 0.15) is 45.7 Å². The van der Waals surface area contributed by atoms with Gasteiger partial charge in [-0.2, -0.15) is 11.3 Å². The predicted octanol–water partition coefficient (Wildman–Crippen LogP) is 12.2. The van der Waals surface area contributed by atoms with Gasteiger partial charge < -0.3 is 9.97 Å². The molecule has 0 unspecified atom stereocenters. The van der Waals surface area contributed by atoms with Crippen LogP contribution in [0.2, 0.25) is 19.6 Å². The van der Waals surface area contributed by atoms with Crippen LogP contribution in [-0.2, 0) is 31.9 Å². The maximum Gasteiger partial charge on any atom is 0.0798 e. The Balaban J connectivity index is 0.000000204. The summed E-state index contributed by atoms with van der Waals surface area (Å²) in [7, 11) is -1.34. The van der Waals surface area contributed by atoms with Gasteiger partial charge in [-0.3, -0.25) is 0 Å². The number of thiophene rings is 1. The Morgan fingerprint density at radius 1 is 0.740 bits per heavy atom. The van der Waals surface area contributed by atoms with Crippen LogP contribution in [0.25, 0.3) is 53.8 Å². The minimum atomic E-state index is -1.34. The van der Waals surface area contributed by atoms with Gasteiger partial charge in [0, 0.05) is 37.2 Å². The van der Waals surface area contributed by atoms with Crippen LogP contribution in [0.3, 0.4) is 0 Å². The third-order valence-electron chi connectivity index (χ3n) is 8.83. The van der Waals surface area contributed by atoms with Crippen LogP contribution in [-0.4, -0.2) is 18.0 Å². The number of aromatic nitrogens is 2. The molecule has 0 spiro atoms. The second kappa shape index (κ2) is 15.7. The number of nitrogens with zero attached hydrogens (tertiary/aromatic N) is 2. The van der Waals surface area contributed by atoms with Crippen molar-refractivity contribution in [2.24, 2.45) is 5.92 Å². The molecule has 50 heavy (non-hydrogen) atoms. The van der Waals surface area contributed by atoms with Gasteiger partial charge >= 0.3 is 0 Å². The summed E-state index contributed by atoms with van der Waals surface area (Å²) >= 11 is 1.83. The van der Waals surface area contributed by atoms with Crippen molar-refractivity contribution in [3.8, 4) is 33.6 Å². The zero-order valence-corrected chi connectivity index (χ0v) is 34.6. The number of rotatable bonds is 6. The summed E-state index contributed by atoms with van der Waals surface area (Å²) in [6.07, 6.45) is 5.16. The Morgan fingerprint density at radius 3 is 2.18 bits per heavy atom. The molecule has 0 saturated heterocycles. The maximum atomic E-state index is 4.69. The minimum Gasteiger partial charge on any atom is -0.305 e. The van der Waals surface area contributed by atoms with Gasteiger partial charge in [-0.25, -0.2) is 0 Å². The first-order chi connectivity index (χ1) is 23.4. The second-order valence-corrected chi connectivity index (χ2v) is 21.4. The maximum absolute atomic E-state index is 4.69. The molecule has 0 N–H and O–H groups in total. The number of pyridine rings is 2. The van der Waals surface area contributed by atoms with Gasteiger partial charge in [-0.05, 0) is 73.2 Å². The van der Waals surface area contributed by atoms with E-state index in [1.165, 1.54) is 47.6 Å². The van der Waals surface area contributed by atoms with Crippen molar-refractivity contribution < 1.29 is 20.1 Å². The van der Waals surface area contributed by atoms with Crippen molar-refractivity contribution in [1.82, 2.24) is 9.97 Å². The molecule has 5 heteroatoms. The molecule has 0 atom stereocenters. The number of hydrogen-bond acceptors (Lipinski definition) is 3. The van der Waals surface area contributed by atoms with Gasteiger partial charge in [0.2, 0.25) is 0 Å². The number of hydrogen-bond donors (Lipinski definition) is 0. The van der Waals surface area contributed by atoms with E-state index in [2.05, 4.69) is 161 Å². The van der Waals surface area contributed by atoms with Crippen molar-refractivity contribution in [2.75, 3.05) is 0 Å². The van der Waals surface area contributed by atoms with E-state index in [-0.39, 0.29) is 25.5 Å². The molecule has 3 aromatic heterocycles. The first kappa shape index (κ1) is 37.5. The SMILES string of the molecule is CC(C)(C)c1ccnc(-c2[c-]ccc3c2sc2cc(-c4ccccc4)ccc23)c1.CC(C)Cc1cc(-c2[c-]cccc2)ncc1[Si](C)(C)C.[Ir]. The first-order valence-corrected chi connectivity index (χ1v) is 21.6. The molecule has 257 valence electrons. The van der Waals surface area contributed by atoms with Crippen molar-refractivity contribution in [1.29, 1.82) is 0 Å². The van der Waals surface area contributed by atoms with Crippen molar-refractivity contribution in [3.05, 3.63) is 139 Å². The molecule has 7 rings (SSSR count). The van der Waals surface area contributed by atoms with Crippen molar-refractivity contribution in [2.45, 2.75) is 66.1 Å². The molecule has 0 aliphatic rings. The summed E-state index contributed by atoms with van der Waals surface area (Å²) in [4.78, 5) is 9.37.